The molecule has 0 radical (unpaired) electrons. The lowest BCUT2D eigenvalue weighted by Gasteiger charge is -2.17. The second-order valence-corrected chi connectivity index (χ2v) is 9.66. The van der Waals surface area contributed by atoms with E-state index < -0.39 is 23.9 Å². The molecule has 7 nitrogen and oxygen atoms in total. The third kappa shape index (κ3) is 5.59. The number of rotatable bonds is 10. The van der Waals surface area contributed by atoms with Crippen molar-refractivity contribution >= 4 is 23.6 Å². The van der Waals surface area contributed by atoms with E-state index in [0.717, 1.165) is 22.4 Å². The molecule has 7 heteroatoms. The maximum Gasteiger partial charge on any atom is 0.338 e. The van der Waals surface area contributed by atoms with Crippen LogP contribution in [0.3, 0.4) is 0 Å². The molecule has 2 amide bonds. The van der Waals surface area contributed by atoms with Gasteiger partial charge in [0.1, 0.15) is 0 Å². The summed E-state index contributed by atoms with van der Waals surface area (Å²) < 4.78 is 5.71. The Kier molecular flexibility index (Phi) is 7.92. The van der Waals surface area contributed by atoms with Gasteiger partial charge in [0.25, 0.3) is 11.8 Å². The molecule has 5 rings (SSSR count). The number of hydrogen-bond donors (Lipinski definition) is 0. The van der Waals surface area contributed by atoms with Crippen LogP contribution < -0.4 is 0 Å². The lowest BCUT2D eigenvalue weighted by Crippen LogP contribution is -2.29. The number of imide groups is 1. The minimum atomic E-state index is -0.970. The Morgan fingerprint density at radius 2 is 1.52 bits per heavy atom. The Labute approximate surface area is 232 Å². The van der Waals surface area contributed by atoms with Crippen LogP contribution >= 0.6 is 0 Å². The van der Waals surface area contributed by atoms with Crippen molar-refractivity contribution in [2.24, 2.45) is 0 Å². The Bertz CT molecular complexity index is 1550. The van der Waals surface area contributed by atoms with Gasteiger partial charge < -0.3 is 4.74 Å². The van der Waals surface area contributed by atoms with Crippen molar-refractivity contribution in [2.45, 2.75) is 38.8 Å². The van der Waals surface area contributed by atoms with Gasteiger partial charge in [0.15, 0.2) is 6.10 Å². The van der Waals surface area contributed by atoms with Crippen molar-refractivity contribution in [1.82, 2.24) is 9.88 Å². The fraction of sp³-hybridized carbons (Fsp3) is 0.182. The highest BCUT2D eigenvalue weighted by Gasteiger charge is 2.36. The number of unbranched alkanes of at least 4 members (excludes halogenated alkanes) is 1. The quantitative estimate of drug-likeness (QED) is 0.138. The molecule has 1 aliphatic rings. The normalized spacial score (nSPS) is 13.2. The predicted octanol–water partition coefficient (Wildman–Crippen LogP) is 6.14. The molecule has 1 unspecified atom stereocenters. The van der Waals surface area contributed by atoms with E-state index in [-0.39, 0.29) is 29.0 Å². The number of amides is 2. The fourth-order valence-corrected chi connectivity index (χ4v) is 4.71. The minimum Gasteiger partial charge on any atom is -0.450 e. The zero-order chi connectivity index (χ0) is 28.1. The molecule has 200 valence electrons. The van der Waals surface area contributed by atoms with Gasteiger partial charge in [0.2, 0.25) is 5.78 Å². The number of ether oxygens (including phenoxy) is 1. The van der Waals surface area contributed by atoms with E-state index in [2.05, 4.69) is 4.98 Å². The molecular formula is C33H28N2O5. The maximum atomic E-state index is 13.4. The van der Waals surface area contributed by atoms with Gasteiger partial charge in [0, 0.05) is 18.0 Å². The van der Waals surface area contributed by atoms with Crippen molar-refractivity contribution in [3.05, 3.63) is 125 Å². The minimum absolute atomic E-state index is 0.0800. The lowest BCUT2D eigenvalue weighted by atomic mass is 9.98. The van der Waals surface area contributed by atoms with Gasteiger partial charge in [-0.2, -0.15) is 0 Å². The standard InChI is InChI=1S/C33H28N2O5/c1-2-3-11-29(30(36)25-14-12-24(13-15-25)23-9-5-4-6-10-23)40-33(39)26-16-17-27-28(19-26)32(38)35(31(27)37)21-22-8-7-18-34-20-22/h4-10,12-20,29H,2-3,11,21H2,1H3. The molecule has 0 saturated heterocycles. The number of Topliss-reactive ketones (excluding diaryl/α,β-unsaturated/α-hetero) is 1. The summed E-state index contributed by atoms with van der Waals surface area (Å²) in [7, 11) is 0. The van der Waals surface area contributed by atoms with Crippen LogP contribution in [-0.4, -0.2) is 39.6 Å². The molecule has 0 N–H and O–H groups in total. The van der Waals surface area contributed by atoms with Gasteiger partial charge in [-0.15, -0.1) is 0 Å². The molecule has 1 aromatic heterocycles. The first kappa shape index (κ1) is 26.7. The van der Waals surface area contributed by atoms with Gasteiger partial charge in [-0.1, -0.05) is 74.0 Å². The number of hydrogen-bond acceptors (Lipinski definition) is 6. The smallest absolute Gasteiger partial charge is 0.338 e. The number of fused-ring (bicyclic) bond motifs is 1. The van der Waals surface area contributed by atoms with Crippen LogP contribution in [0.4, 0.5) is 0 Å². The SMILES string of the molecule is CCCCC(OC(=O)c1ccc2c(c1)C(=O)N(Cc1cccnc1)C2=O)C(=O)c1ccc(-c2ccccc2)cc1. The monoisotopic (exact) mass is 532 g/mol. The molecule has 1 atom stereocenters. The topological polar surface area (TPSA) is 93.6 Å². The van der Waals surface area contributed by atoms with Crippen molar-refractivity contribution < 1.29 is 23.9 Å². The fourth-order valence-electron chi connectivity index (χ4n) is 4.71. The van der Waals surface area contributed by atoms with Gasteiger partial charge in [-0.3, -0.25) is 24.3 Å². The Morgan fingerprint density at radius 3 is 2.23 bits per heavy atom. The first-order valence-electron chi connectivity index (χ1n) is 13.3. The number of carbonyl (C=O) groups excluding carboxylic acids is 4. The van der Waals surface area contributed by atoms with E-state index in [4.69, 9.17) is 4.74 Å². The highest BCUT2D eigenvalue weighted by Crippen LogP contribution is 2.27. The molecule has 40 heavy (non-hydrogen) atoms. The zero-order valence-corrected chi connectivity index (χ0v) is 22.1. The highest BCUT2D eigenvalue weighted by atomic mass is 16.5. The van der Waals surface area contributed by atoms with E-state index in [9.17, 15) is 19.2 Å². The largest absolute Gasteiger partial charge is 0.450 e. The molecule has 0 spiro atoms. The van der Waals surface area contributed by atoms with Gasteiger partial charge in [0.05, 0.1) is 23.2 Å². The van der Waals surface area contributed by atoms with Crippen molar-refractivity contribution in [2.75, 3.05) is 0 Å². The average Bonchev–Trinajstić information content (AvgIpc) is 3.24. The molecule has 0 aliphatic carbocycles. The molecule has 1 aliphatic heterocycles. The predicted molar refractivity (Wildman–Crippen MR) is 150 cm³/mol. The van der Waals surface area contributed by atoms with Crippen LogP contribution in [0, 0.1) is 0 Å². The molecule has 0 saturated carbocycles. The number of benzene rings is 3. The van der Waals surface area contributed by atoms with Crippen LogP contribution in [0.25, 0.3) is 11.1 Å². The molecule has 0 bridgehead atoms. The number of pyridine rings is 1. The summed E-state index contributed by atoms with van der Waals surface area (Å²) in [4.78, 5) is 57.6. The Balaban J connectivity index is 1.32. The van der Waals surface area contributed by atoms with Crippen LogP contribution in [0.1, 0.15) is 73.2 Å². The van der Waals surface area contributed by atoms with Gasteiger partial charge in [-0.05, 0) is 53.8 Å². The highest BCUT2D eigenvalue weighted by molar-refractivity contribution is 6.22. The third-order valence-corrected chi connectivity index (χ3v) is 6.91. The van der Waals surface area contributed by atoms with Crippen molar-refractivity contribution in [3.63, 3.8) is 0 Å². The molecule has 2 heterocycles. The summed E-state index contributed by atoms with van der Waals surface area (Å²) >= 11 is 0. The molecule has 3 aromatic carbocycles. The maximum absolute atomic E-state index is 13.4. The summed E-state index contributed by atoms with van der Waals surface area (Å²) in [6.45, 7) is 2.08. The Hall–Kier alpha value is -4.91. The number of nitrogens with zero attached hydrogens (tertiary/aromatic N) is 2. The van der Waals surface area contributed by atoms with Crippen LogP contribution in [0.2, 0.25) is 0 Å². The molecular weight excluding hydrogens is 504 g/mol. The van der Waals surface area contributed by atoms with Crippen molar-refractivity contribution in [3.8, 4) is 11.1 Å². The molecule has 4 aromatic rings. The average molecular weight is 533 g/mol. The van der Waals surface area contributed by atoms with E-state index >= 15 is 0 Å². The first-order valence-corrected chi connectivity index (χ1v) is 13.3. The van der Waals surface area contributed by atoms with E-state index in [1.807, 2.05) is 49.4 Å². The second-order valence-electron chi connectivity index (χ2n) is 9.66. The number of esters is 1. The summed E-state index contributed by atoms with van der Waals surface area (Å²) in [6, 6.07) is 24.9. The van der Waals surface area contributed by atoms with Crippen molar-refractivity contribution in [1.29, 1.82) is 0 Å². The zero-order valence-electron chi connectivity index (χ0n) is 22.1. The second kappa shape index (κ2) is 11.9. The number of carbonyl (C=O) groups is 4. The lowest BCUT2D eigenvalue weighted by molar-refractivity contribution is 0.0263. The van der Waals surface area contributed by atoms with Gasteiger partial charge >= 0.3 is 5.97 Å². The summed E-state index contributed by atoms with van der Waals surface area (Å²) in [6.07, 6.45) is 4.14. The van der Waals surface area contributed by atoms with Crippen LogP contribution in [0.15, 0.2) is 97.3 Å². The van der Waals surface area contributed by atoms with Crippen LogP contribution in [0.5, 0.6) is 0 Å². The summed E-state index contributed by atoms with van der Waals surface area (Å²) in [5.41, 5.74) is 3.66. The van der Waals surface area contributed by atoms with E-state index in [0.29, 0.717) is 24.0 Å². The summed E-state index contributed by atoms with van der Waals surface area (Å²) in [5.74, 6) is -1.92. The summed E-state index contributed by atoms with van der Waals surface area (Å²) in [5, 5.41) is 0. The Morgan fingerprint density at radius 1 is 0.825 bits per heavy atom. The van der Waals surface area contributed by atoms with E-state index in [1.165, 1.54) is 18.2 Å². The van der Waals surface area contributed by atoms with Gasteiger partial charge in [-0.25, -0.2) is 4.79 Å². The number of aromatic nitrogens is 1. The number of ketones is 1. The molecule has 0 fully saturated rings. The first-order chi connectivity index (χ1) is 19.5. The third-order valence-electron chi connectivity index (χ3n) is 6.91. The van der Waals surface area contributed by atoms with Crippen LogP contribution in [-0.2, 0) is 11.3 Å². The van der Waals surface area contributed by atoms with E-state index in [1.54, 1.807) is 36.7 Å².